The van der Waals surface area contributed by atoms with Gasteiger partial charge >= 0.3 is 0 Å². The second-order valence-electron chi connectivity index (χ2n) is 10.2. The van der Waals surface area contributed by atoms with Gasteiger partial charge in [0.15, 0.2) is 0 Å². The van der Waals surface area contributed by atoms with Crippen molar-refractivity contribution < 1.29 is 18.8 Å². The van der Waals surface area contributed by atoms with Crippen LogP contribution >= 0.6 is 0 Å². The normalized spacial score (nSPS) is 20.0. The van der Waals surface area contributed by atoms with Gasteiger partial charge < -0.3 is 9.80 Å². The van der Waals surface area contributed by atoms with E-state index in [9.17, 15) is 18.8 Å². The van der Waals surface area contributed by atoms with Crippen molar-refractivity contribution in [2.45, 2.75) is 32.0 Å². The molecule has 0 aromatic heterocycles. The molecule has 0 saturated carbocycles. The second-order valence-corrected chi connectivity index (χ2v) is 10.2. The van der Waals surface area contributed by atoms with E-state index < -0.39 is 17.8 Å². The van der Waals surface area contributed by atoms with Crippen LogP contribution in [-0.4, -0.2) is 59.7 Å². The van der Waals surface area contributed by atoms with Gasteiger partial charge in [-0.25, -0.2) is 4.39 Å². The summed E-state index contributed by atoms with van der Waals surface area (Å²) in [4.78, 5) is 43.1. The van der Waals surface area contributed by atoms with Crippen molar-refractivity contribution in [3.8, 4) is 11.1 Å². The topological polar surface area (TPSA) is 73.0 Å². The first-order valence-corrected chi connectivity index (χ1v) is 13.0. The maximum atomic E-state index is 14.6. The number of carbonyl (C=O) groups excluding carboxylic acids is 3. The van der Waals surface area contributed by atoms with Gasteiger partial charge in [0.05, 0.1) is 0 Å². The lowest BCUT2D eigenvalue weighted by Crippen LogP contribution is -2.52. The maximum Gasteiger partial charge on any atom is 0.255 e. The molecule has 1 atom stereocenters. The number of fused-ring (bicyclic) bond motifs is 1. The van der Waals surface area contributed by atoms with Crippen LogP contribution in [0.4, 0.5) is 10.1 Å². The van der Waals surface area contributed by atoms with Crippen LogP contribution in [0.25, 0.3) is 11.1 Å². The van der Waals surface area contributed by atoms with Gasteiger partial charge in [0.1, 0.15) is 11.9 Å². The highest BCUT2D eigenvalue weighted by Crippen LogP contribution is 2.35. The van der Waals surface area contributed by atoms with E-state index in [1.807, 2.05) is 18.2 Å². The minimum absolute atomic E-state index is 0.189. The van der Waals surface area contributed by atoms with E-state index in [2.05, 4.69) is 51.5 Å². The molecule has 3 aromatic rings. The monoisotopic (exact) mass is 512 g/mol. The minimum Gasteiger partial charge on any atom is -0.369 e. The molecule has 3 aromatic carbocycles. The number of carbonyl (C=O) groups is 3. The smallest absolute Gasteiger partial charge is 0.255 e. The summed E-state index contributed by atoms with van der Waals surface area (Å²) in [6.07, 6.45) is 0.474. The van der Waals surface area contributed by atoms with Crippen LogP contribution in [0, 0.1) is 5.82 Å². The molecule has 2 saturated heterocycles. The Morgan fingerprint density at radius 3 is 2.29 bits per heavy atom. The highest BCUT2D eigenvalue weighted by atomic mass is 19.1. The highest BCUT2D eigenvalue weighted by molar-refractivity contribution is 6.06. The molecule has 0 radical (unpaired) electrons. The van der Waals surface area contributed by atoms with Crippen LogP contribution < -0.4 is 10.2 Å². The number of nitrogens with zero attached hydrogens (tertiary/aromatic N) is 3. The lowest BCUT2D eigenvalue weighted by molar-refractivity contribution is -0.136. The first-order valence-electron chi connectivity index (χ1n) is 13.0. The summed E-state index contributed by atoms with van der Waals surface area (Å²) >= 11 is 0. The van der Waals surface area contributed by atoms with Crippen LogP contribution in [0.3, 0.4) is 0 Å². The first-order chi connectivity index (χ1) is 18.5. The number of halogens is 1. The first kappa shape index (κ1) is 24.3. The fraction of sp³-hybridized carbons (Fsp3) is 0.300. The molecular weight excluding hydrogens is 483 g/mol. The summed E-state index contributed by atoms with van der Waals surface area (Å²) in [5.41, 5.74) is 5.42. The van der Waals surface area contributed by atoms with Crippen molar-refractivity contribution in [2.75, 3.05) is 31.1 Å². The maximum absolute atomic E-state index is 14.6. The average Bonchev–Trinajstić information content (AvgIpc) is 3.25. The molecule has 3 aliphatic rings. The van der Waals surface area contributed by atoms with E-state index >= 15 is 0 Å². The molecule has 3 heterocycles. The van der Waals surface area contributed by atoms with Gasteiger partial charge in [0.2, 0.25) is 11.8 Å². The Morgan fingerprint density at radius 2 is 1.58 bits per heavy atom. The molecule has 1 unspecified atom stereocenters. The number of nitrogens with one attached hydrogen (secondary N) is 1. The molecule has 0 spiro atoms. The Bertz CT molecular complexity index is 1380. The zero-order valence-corrected chi connectivity index (χ0v) is 21.0. The third-order valence-corrected chi connectivity index (χ3v) is 7.78. The number of piperazine rings is 1. The molecule has 38 heavy (non-hydrogen) atoms. The molecule has 6 rings (SSSR count). The zero-order valence-electron chi connectivity index (χ0n) is 21.0. The van der Waals surface area contributed by atoms with Crippen molar-refractivity contribution in [1.82, 2.24) is 15.1 Å². The predicted molar refractivity (Wildman–Crippen MR) is 142 cm³/mol. The molecule has 8 heteroatoms. The fourth-order valence-electron chi connectivity index (χ4n) is 5.73. The molecule has 0 aliphatic carbocycles. The predicted octanol–water partition coefficient (Wildman–Crippen LogP) is 3.58. The Kier molecular flexibility index (Phi) is 6.41. The Morgan fingerprint density at radius 1 is 0.868 bits per heavy atom. The van der Waals surface area contributed by atoms with Crippen molar-refractivity contribution in [2.24, 2.45) is 0 Å². The SMILES string of the molecule is O=C1CCC(N2Cc3c(cc(F)cc3N3CCN(Cc4ccc(-c5ccccc5)cc4)CC3)C2=O)C(=O)N1. The van der Waals surface area contributed by atoms with Crippen molar-refractivity contribution >= 4 is 23.4 Å². The Hall–Kier alpha value is -4.04. The minimum atomic E-state index is -0.714. The van der Waals surface area contributed by atoms with Gasteiger partial charge in [-0.05, 0) is 35.2 Å². The standard InChI is InChI=1S/C30H29FN4O3/c31-23-16-24-25(19-35(30(24)38)26-10-11-28(36)32-29(26)37)27(17-23)34-14-12-33(13-15-34)18-20-6-8-22(9-7-20)21-4-2-1-3-5-21/h1-9,16-17,26H,10-15,18-19H2,(H,32,36,37). The van der Waals surface area contributed by atoms with Gasteiger partial charge in [-0.1, -0.05) is 54.6 Å². The molecule has 3 amide bonds. The molecular formula is C30H29FN4O3. The summed E-state index contributed by atoms with van der Waals surface area (Å²) in [5.74, 6) is -1.60. The molecule has 1 N–H and O–H groups in total. The quantitative estimate of drug-likeness (QED) is 0.530. The number of piperidine rings is 1. The van der Waals surface area contributed by atoms with Crippen LogP contribution in [0.15, 0.2) is 66.7 Å². The molecule has 0 bridgehead atoms. The van der Waals surface area contributed by atoms with E-state index in [-0.39, 0.29) is 31.2 Å². The van der Waals surface area contributed by atoms with Gasteiger partial charge in [-0.15, -0.1) is 0 Å². The average molecular weight is 513 g/mol. The van der Waals surface area contributed by atoms with Gasteiger partial charge in [-0.3, -0.25) is 24.6 Å². The van der Waals surface area contributed by atoms with Crippen LogP contribution in [0.2, 0.25) is 0 Å². The van der Waals surface area contributed by atoms with Gasteiger partial charge in [0, 0.05) is 62.5 Å². The van der Waals surface area contributed by atoms with E-state index in [0.29, 0.717) is 18.7 Å². The molecule has 194 valence electrons. The lowest BCUT2D eigenvalue weighted by Gasteiger charge is -2.37. The van der Waals surface area contributed by atoms with Crippen LogP contribution in [-0.2, 0) is 22.7 Å². The number of hydrogen-bond donors (Lipinski definition) is 1. The van der Waals surface area contributed by atoms with E-state index in [0.717, 1.165) is 30.9 Å². The largest absolute Gasteiger partial charge is 0.369 e. The summed E-state index contributed by atoms with van der Waals surface area (Å²) in [7, 11) is 0. The van der Waals surface area contributed by atoms with Crippen LogP contribution in [0.1, 0.15) is 34.3 Å². The van der Waals surface area contributed by atoms with Crippen molar-refractivity contribution in [3.63, 3.8) is 0 Å². The van der Waals surface area contributed by atoms with Gasteiger partial charge in [0.25, 0.3) is 5.91 Å². The van der Waals surface area contributed by atoms with Crippen LogP contribution in [0.5, 0.6) is 0 Å². The van der Waals surface area contributed by atoms with E-state index in [1.54, 1.807) is 0 Å². The molecule has 7 nitrogen and oxygen atoms in total. The highest BCUT2D eigenvalue weighted by Gasteiger charge is 2.41. The Labute approximate surface area is 220 Å². The number of anilines is 1. The van der Waals surface area contributed by atoms with Crippen molar-refractivity contribution in [3.05, 3.63) is 89.2 Å². The van der Waals surface area contributed by atoms with E-state index in [4.69, 9.17) is 0 Å². The Balaban J connectivity index is 1.12. The lowest BCUT2D eigenvalue weighted by atomic mass is 10.0. The third kappa shape index (κ3) is 4.67. The number of amides is 3. The van der Waals surface area contributed by atoms with Crippen molar-refractivity contribution in [1.29, 1.82) is 0 Å². The second kappa shape index (κ2) is 10.0. The molecule has 2 fully saturated rings. The number of benzene rings is 3. The summed E-state index contributed by atoms with van der Waals surface area (Å²) in [6, 6.07) is 21.0. The fourth-order valence-corrected chi connectivity index (χ4v) is 5.73. The number of hydrogen-bond acceptors (Lipinski definition) is 5. The molecule has 3 aliphatic heterocycles. The zero-order chi connectivity index (χ0) is 26.2. The van der Waals surface area contributed by atoms with E-state index in [1.165, 1.54) is 33.7 Å². The van der Waals surface area contributed by atoms with Gasteiger partial charge in [-0.2, -0.15) is 0 Å². The third-order valence-electron chi connectivity index (χ3n) is 7.78. The summed E-state index contributed by atoms with van der Waals surface area (Å²) < 4.78 is 14.6. The number of imide groups is 1. The summed E-state index contributed by atoms with van der Waals surface area (Å²) in [5, 5.41) is 2.32. The summed E-state index contributed by atoms with van der Waals surface area (Å²) in [6.45, 7) is 4.14. The number of rotatable bonds is 5.